The molecule has 1 fully saturated rings. The van der Waals surface area contributed by atoms with Crippen molar-refractivity contribution in [3.05, 3.63) is 17.1 Å². The minimum atomic E-state index is -0.0977. The Morgan fingerprint density at radius 3 is 2.77 bits per heavy atom. The lowest BCUT2D eigenvalue weighted by Crippen LogP contribution is -2.13. The number of carbonyl (C=O) groups excluding carboxylic acids is 1. The van der Waals surface area contributed by atoms with Crippen LogP contribution in [0.5, 0.6) is 0 Å². The van der Waals surface area contributed by atoms with Crippen molar-refractivity contribution in [1.29, 1.82) is 0 Å². The Kier molecular flexibility index (Phi) is 1.80. The Morgan fingerprint density at radius 2 is 2.38 bits per heavy atom. The van der Waals surface area contributed by atoms with E-state index in [2.05, 4.69) is 18.2 Å². The van der Waals surface area contributed by atoms with Crippen LogP contribution in [0.1, 0.15) is 25.1 Å². The third-order valence-electron chi connectivity index (χ3n) is 3.19. The number of hydrogen-bond donors (Lipinski definition) is 0. The molecule has 1 atom stereocenters. The van der Waals surface area contributed by atoms with E-state index in [0.717, 1.165) is 19.1 Å². The summed E-state index contributed by atoms with van der Waals surface area (Å²) in [6.45, 7) is 4.31. The third kappa shape index (κ3) is 1.31. The van der Waals surface area contributed by atoms with Crippen molar-refractivity contribution in [2.24, 2.45) is 10.8 Å². The molecule has 1 saturated carbocycles. The van der Waals surface area contributed by atoms with Crippen LogP contribution >= 0.6 is 11.5 Å². The van der Waals surface area contributed by atoms with Crippen LogP contribution in [0.4, 0.5) is 0 Å². The lowest BCUT2D eigenvalue weighted by Gasteiger charge is -2.10. The van der Waals surface area contributed by atoms with E-state index >= 15 is 0 Å². The summed E-state index contributed by atoms with van der Waals surface area (Å²) < 4.78 is 4.04. The minimum Gasteiger partial charge on any atom is -0.303 e. The summed E-state index contributed by atoms with van der Waals surface area (Å²) in [6, 6.07) is 2.00. The number of carbonyl (C=O) groups is 1. The van der Waals surface area contributed by atoms with Crippen molar-refractivity contribution < 1.29 is 4.79 Å². The molecule has 1 aromatic rings. The largest absolute Gasteiger partial charge is 0.303 e. The van der Waals surface area contributed by atoms with Gasteiger partial charge in [-0.25, -0.2) is 4.37 Å². The highest BCUT2D eigenvalue weighted by Crippen LogP contribution is 2.63. The highest BCUT2D eigenvalue weighted by Gasteiger charge is 2.61. The molecule has 13 heavy (non-hydrogen) atoms. The molecule has 0 bridgehead atoms. The topological polar surface area (TPSA) is 30.0 Å². The molecule has 3 heteroatoms. The summed E-state index contributed by atoms with van der Waals surface area (Å²) in [4.78, 5) is 12.2. The molecule has 0 spiro atoms. The molecule has 0 amide bonds. The molecule has 1 aromatic heterocycles. The molecule has 70 valence electrons. The molecular weight excluding hydrogens is 182 g/mol. The van der Waals surface area contributed by atoms with Crippen LogP contribution < -0.4 is 0 Å². The van der Waals surface area contributed by atoms with Crippen LogP contribution in [-0.2, 0) is 11.2 Å². The SMILES string of the molecule is CC1(C)CC1(C=O)Cc1ccns1. The van der Waals surface area contributed by atoms with Crippen LogP contribution in [0.2, 0.25) is 0 Å². The van der Waals surface area contributed by atoms with Gasteiger partial charge in [-0.3, -0.25) is 0 Å². The predicted octanol–water partition coefficient (Wildman–Crippen LogP) is 2.30. The minimum absolute atomic E-state index is 0.0977. The first-order chi connectivity index (χ1) is 6.10. The molecular formula is C10H13NOS. The Morgan fingerprint density at radius 1 is 1.69 bits per heavy atom. The van der Waals surface area contributed by atoms with Crippen molar-refractivity contribution in [2.75, 3.05) is 0 Å². The maximum Gasteiger partial charge on any atom is 0.127 e. The maximum atomic E-state index is 11.0. The van der Waals surface area contributed by atoms with Gasteiger partial charge in [-0.15, -0.1) is 0 Å². The van der Waals surface area contributed by atoms with E-state index in [1.807, 2.05) is 6.07 Å². The average Bonchev–Trinajstić information content (AvgIpc) is 2.52. The maximum absolute atomic E-state index is 11.0. The average molecular weight is 195 g/mol. The number of nitrogens with zero attached hydrogens (tertiary/aromatic N) is 1. The van der Waals surface area contributed by atoms with E-state index < -0.39 is 0 Å². The van der Waals surface area contributed by atoms with Gasteiger partial charge in [-0.2, -0.15) is 0 Å². The summed E-state index contributed by atoms with van der Waals surface area (Å²) in [7, 11) is 0. The van der Waals surface area contributed by atoms with Gasteiger partial charge in [0.15, 0.2) is 0 Å². The van der Waals surface area contributed by atoms with E-state index in [0.29, 0.717) is 0 Å². The van der Waals surface area contributed by atoms with Gasteiger partial charge in [0.05, 0.1) is 0 Å². The van der Waals surface area contributed by atoms with Crippen LogP contribution in [0.25, 0.3) is 0 Å². The van der Waals surface area contributed by atoms with Gasteiger partial charge in [0.25, 0.3) is 0 Å². The zero-order valence-corrected chi connectivity index (χ0v) is 8.73. The summed E-state index contributed by atoms with van der Waals surface area (Å²) in [6.07, 6.45) is 4.82. The van der Waals surface area contributed by atoms with Gasteiger partial charge in [-0.1, -0.05) is 13.8 Å². The fraction of sp³-hybridized carbons (Fsp3) is 0.600. The van der Waals surface area contributed by atoms with Gasteiger partial charge >= 0.3 is 0 Å². The first kappa shape index (κ1) is 8.88. The van der Waals surface area contributed by atoms with Gasteiger partial charge in [0.1, 0.15) is 6.29 Å². The Bertz CT molecular complexity index is 318. The summed E-state index contributed by atoms with van der Waals surface area (Å²) >= 11 is 1.50. The van der Waals surface area contributed by atoms with Crippen molar-refractivity contribution in [3.63, 3.8) is 0 Å². The molecule has 0 N–H and O–H groups in total. The molecule has 0 radical (unpaired) electrons. The Balaban J connectivity index is 2.14. The molecule has 2 rings (SSSR count). The van der Waals surface area contributed by atoms with Gasteiger partial charge in [0.2, 0.25) is 0 Å². The van der Waals surface area contributed by atoms with Crippen LogP contribution in [0, 0.1) is 10.8 Å². The fourth-order valence-corrected chi connectivity index (χ4v) is 2.63. The van der Waals surface area contributed by atoms with E-state index in [4.69, 9.17) is 0 Å². The van der Waals surface area contributed by atoms with Crippen molar-refractivity contribution in [2.45, 2.75) is 26.7 Å². The first-order valence-corrected chi connectivity index (χ1v) is 5.23. The van der Waals surface area contributed by atoms with E-state index in [9.17, 15) is 4.79 Å². The van der Waals surface area contributed by atoms with Gasteiger partial charge < -0.3 is 4.79 Å². The molecule has 0 aromatic carbocycles. The summed E-state index contributed by atoms with van der Waals surface area (Å²) in [5.74, 6) is 0. The molecule has 2 nitrogen and oxygen atoms in total. The summed E-state index contributed by atoms with van der Waals surface area (Å²) in [5, 5.41) is 0. The fourth-order valence-electron chi connectivity index (χ4n) is 1.93. The zero-order chi connectivity index (χ0) is 9.53. The van der Waals surface area contributed by atoms with E-state index in [-0.39, 0.29) is 10.8 Å². The van der Waals surface area contributed by atoms with Crippen molar-refractivity contribution in [3.8, 4) is 0 Å². The van der Waals surface area contributed by atoms with E-state index in [1.54, 1.807) is 6.20 Å². The lowest BCUT2D eigenvalue weighted by atomic mass is 9.93. The number of hydrogen-bond acceptors (Lipinski definition) is 3. The van der Waals surface area contributed by atoms with Gasteiger partial charge in [-0.05, 0) is 35.9 Å². The molecule has 0 aliphatic heterocycles. The number of aromatic nitrogens is 1. The predicted molar refractivity (Wildman–Crippen MR) is 52.7 cm³/mol. The molecule has 1 aliphatic carbocycles. The monoisotopic (exact) mass is 195 g/mol. The molecule has 1 aliphatic rings. The second-order valence-corrected chi connectivity index (χ2v) is 5.41. The van der Waals surface area contributed by atoms with Crippen LogP contribution in [-0.4, -0.2) is 10.7 Å². The van der Waals surface area contributed by atoms with Crippen LogP contribution in [0.3, 0.4) is 0 Å². The number of aldehydes is 1. The lowest BCUT2D eigenvalue weighted by molar-refractivity contribution is -0.113. The standard InChI is InChI=1S/C10H13NOS/c1-9(2)6-10(9,7-12)5-8-3-4-11-13-8/h3-4,7H,5-6H2,1-2H3. The second-order valence-electron chi connectivity index (χ2n) is 4.49. The quantitative estimate of drug-likeness (QED) is 0.693. The first-order valence-electron chi connectivity index (χ1n) is 4.46. The van der Waals surface area contributed by atoms with Crippen molar-refractivity contribution in [1.82, 2.24) is 4.37 Å². The molecule has 1 heterocycles. The van der Waals surface area contributed by atoms with Crippen LogP contribution in [0.15, 0.2) is 12.3 Å². The normalized spacial score (nSPS) is 30.0. The zero-order valence-electron chi connectivity index (χ0n) is 7.91. The van der Waals surface area contributed by atoms with Crippen molar-refractivity contribution >= 4 is 17.8 Å². The smallest absolute Gasteiger partial charge is 0.127 e. The molecule has 1 unspecified atom stereocenters. The molecule has 0 saturated heterocycles. The third-order valence-corrected chi connectivity index (χ3v) is 3.93. The van der Waals surface area contributed by atoms with Gasteiger partial charge in [0, 0.05) is 16.5 Å². The highest BCUT2D eigenvalue weighted by atomic mass is 32.1. The second kappa shape index (κ2) is 2.64. The highest BCUT2D eigenvalue weighted by molar-refractivity contribution is 7.05. The number of rotatable bonds is 3. The Labute approximate surface area is 82.1 Å². The summed E-state index contributed by atoms with van der Waals surface area (Å²) in [5.41, 5.74) is 0.0955. The van der Waals surface area contributed by atoms with E-state index in [1.165, 1.54) is 16.4 Å². The Hall–Kier alpha value is -0.700.